The largest absolute Gasteiger partial charge is 0.318 e. The molecule has 0 aromatic heterocycles. The first-order valence-electron chi connectivity index (χ1n) is 2.58. The molecule has 0 bridgehead atoms. The van der Waals surface area contributed by atoms with E-state index in [1.165, 1.54) is 0 Å². The molecule has 0 unspecified atom stereocenters. The Kier molecular flexibility index (Phi) is 5.85. The van der Waals surface area contributed by atoms with Crippen LogP contribution in [0.25, 0.3) is 0 Å². The van der Waals surface area contributed by atoms with E-state index < -0.39 is 0 Å². The Morgan fingerprint density at radius 2 is 2.12 bits per heavy atom. The summed E-state index contributed by atoms with van der Waals surface area (Å²) in [6, 6.07) is 0. The van der Waals surface area contributed by atoms with Gasteiger partial charge in [-0.3, -0.25) is 5.43 Å². The lowest BCUT2D eigenvalue weighted by atomic mass is 10.7. The van der Waals surface area contributed by atoms with Gasteiger partial charge in [-0.25, -0.2) is 0 Å². The third-order valence-electron chi connectivity index (χ3n) is 0.658. The highest BCUT2D eigenvalue weighted by atomic mass is 15.4. The van der Waals surface area contributed by atoms with Crippen molar-refractivity contribution < 1.29 is 0 Å². The number of nitrogens with zero attached hydrogens (tertiary/aromatic N) is 2. The lowest BCUT2D eigenvalue weighted by molar-refractivity contribution is 0.649. The van der Waals surface area contributed by atoms with Crippen molar-refractivity contribution >= 4 is 0 Å². The van der Waals surface area contributed by atoms with Crippen LogP contribution in [0, 0.1) is 0 Å². The van der Waals surface area contributed by atoms with Gasteiger partial charge in [0, 0.05) is 13.1 Å². The fourth-order valence-electron chi connectivity index (χ4n) is 0.302. The third-order valence-corrected chi connectivity index (χ3v) is 0.658. The van der Waals surface area contributed by atoms with Gasteiger partial charge >= 0.3 is 0 Å². The van der Waals surface area contributed by atoms with Crippen LogP contribution in [-0.2, 0) is 0 Å². The van der Waals surface area contributed by atoms with Crippen molar-refractivity contribution in [2.45, 2.75) is 0 Å². The smallest absolute Gasteiger partial charge is 0.0509 e. The zero-order valence-electron chi connectivity index (χ0n) is 5.31. The van der Waals surface area contributed by atoms with Crippen LogP contribution in [-0.4, -0.2) is 27.2 Å². The summed E-state index contributed by atoms with van der Waals surface area (Å²) in [6.45, 7) is 1.74. The second-order valence-electron chi connectivity index (χ2n) is 1.31. The van der Waals surface area contributed by atoms with Crippen molar-refractivity contribution in [3.63, 3.8) is 0 Å². The molecule has 0 aromatic rings. The van der Waals surface area contributed by atoms with E-state index in [-0.39, 0.29) is 0 Å². The fourth-order valence-corrected chi connectivity index (χ4v) is 0.302. The van der Waals surface area contributed by atoms with E-state index in [9.17, 15) is 0 Å². The Bertz CT molecular complexity index is 61.1. The molecule has 0 atom stereocenters. The summed E-state index contributed by atoms with van der Waals surface area (Å²) in [6.07, 6.45) is 0. The Morgan fingerprint density at radius 1 is 1.38 bits per heavy atom. The van der Waals surface area contributed by atoms with Crippen LogP contribution >= 0.6 is 0 Å². The molecule has 0 spiro atoms. The number of hydrogen-bond donors (Lipinski definition) is 2. The van der Waals surface area contributed by atoms with Gasteiger partial charge in [0.25, 0.3) is 0 Å². The van der Waals surface area contributed by atoms with Crippen LogP contribution in [0.1, 0.15) is 0 Å². The number of nitrogens with one attached hydrogen (secondary N) is 2. The van der Waals surface area contributed by atoms with Gasteiger partial charge in [-0.2, -0.15) is 5.11 Å². The zero-order chi connectivity index (χ0) is 6.24. The predicted octanol–water partition coefficient (Wildman–Crippen LogP) is -0.208. The first-order valence-corrected chi connectivity index (χ1v) is 2.58. The Hall–Kier alpha value is -0.640. The minimum absolute atomic E-state index is 0.827. The number of rotatable bonds is 4. The van der Waals surface area contributed by atoms with Crippen LogP contribution in [0.4, 0.5) is 0 Å². The van der Waals surface area contributed by atoms with Gasteiger partial charge in [-0.1, -0.05) is 5.22 Å². The summed E-state index contributed by atoms with van der Waals surface area (Å²) in [7, 11) is 3.52. The van der Waals surface area contributed by atoms with E-state index in [1.54, 1.807) is 7.05 Å². The zero-order valence-corrected chi connectivity index (χ0v) is 5.31. The van der Waals surface area contributed by atoms with Crippen molar-refractivity contribution in [3.05, 3.63) is 0 Å². The SMILES string of the molecule is CN=NNCCNC. The second kappa shape index (κ2) is 6.36. The Morgan fingerprint density at radius 3 is 2.62 bits per heavy atom. The number of likely N-dealkylation sites (N-methyl/N-ethyl adjacent to an activating group) is 1. The van der Waals surface area contributed by atoms with Gasteiger partial charge in [-0.05, 0) is 7.05 Å². The lowest BCUT2D eigenvalue weighted by Gasteiger charge is -1.94. The molecule has 0 rings (SSSR count). The highest BCUT2D eigenvalue weighted by molar-refractivity contribution is 4.39. The van der Waals surface area contributed by atoms with Crippen LogP contribution in [0.2, 0.25) is 0 Å². The molecule has 0 heterocycles. The molecule has 48 valence electrons. The standard InChI is InChI=1S/C4H12N4/c1-5-3-4-7-8-6-2/h5H,3-4H2,1-2H3,(H,6,7). The average molecular weight is 116 g/mol. The van der Waals surface area contributed by atoms with Gasteiger partial charge in [0.15, 0.2) is 0 Å². The van der Waals surface area contributed by atoms with Crippen LogP contribution < -0.4 is 10.7 Å². The monoisotopic (exact) mass is 116 g/mol. The molecule has 4 nitrogen and oxygen atoms in total. The summed E-state index contributed by atoms with van der Waals surface area (Å²) in [5.74, 6) is 0. The minimum atomic E-state index is 0.827. The third kappa shape index (κ3) is 5.36. The molecular formula is C4H12N4. The molecule has 2 N–H and O–H groups in total. The fraction of sp³-hybridized carbons (Fsp3) is 1.00. The van der Waals surface area contributed by atoms with Gasteiger partial charge in [0.2, 0.25) is 0 Å². The predicted molar refractivity (Wildman–Crippen MR) is 32.7 cm³/mol. The van der Waals surface area contributed by atoms with Crippen molar-refractivity contribution in [1.29, 1.82) is 0 Å². The summed E-state index contributed by atoms with van der Waals surface area (Å²) in [5.41, 5.74) is 2.73. The summed E-state index contributed by atoms with van der Waals surface area (Å²) < 4.78 is 0. The summed E-state index contributed by atoms with van der Waals surface area (Å²) in [5, 5.41) is 10.0. The maximum absolute atomic E-state index is 3.54. The van der Waals surface area contributed by atoms with E-state index in [1.807, 2.05) is 7.05 Å². The molecule has 0 saturated heterocycles. The maximum Gasteiger partial charge on any atom is 0.0509 e. The van der Waals surface area contributed by atoms with E-state index >= 15 is 0 Å². The van der Waals surface area contributed by atoms with Gasteiger partial charge in [0.05, 0.1) is 7.05 Å². The molecule has 0 saturated carbocycles. The molecule has 0 aromatic carbocycles. The van der Waals surface area contributed by atoms with E-state index in [0.29, 0.717) is 0 Å². The van der Waals surface area contributed by atoms with Crippen LogP contribution in [0.15, 0.2) is 10.3 Å². The van der Waals surface area contributed by atoms with Gasteiger partial charge in [-0.15, -0.1) is 0 Å². The summed E-state index contributed by atoms with van der Waals surface area (Å²) >= 11 is 0. The van der Waals surface area contributed by atoms with Crippen molar-refractivity contribution in [2.24, 2.45) is 10.3 Å². The quantitative estimate of drug-likeness (QED) is 0.303. The first-order chi connectivity index (χ1) is 3.91. The normalized spacial score (nSPS) is 10.2. The molecule has 0 radical (unpaired) electrons. The van der Waals surface area contributed by atoms with Crippen molar-refractivity contribution in [1.82, 2.24) is 10.7 Å². The van der Waals surface area contributed by atoms with Crippen LogP contribution in [0.5, 0.6) is 0 Å². The van der Waals surface area contributed by atoms with Gasteiger partial charge in [0.1, 0.15) is 0 Å². The molecule has 0 aliphatic rings. The van der Waals surface area contributed by atoms with Gasteiger partial charge < -0.3 is 5.32 Å². The molecular weight excluding hydrogens is 104 g/mol. The maximum atomic E-state index is 3.54. The highest BCUT2D eigenvalue weighted by Gasteiger charge is 1.74. The highest BCUT2D eigenvalue weighted by Crippen LogP contribution is 1.59. The van der Waals surface area contributed by atoms with Crippen molar-refractivity contribution in [2.75, 3.05) is 27.2 Å². The molecule has 0 amide bonds. The van der Waals surface area contributed by atoms with Crippen molar-refractivity contribution in [3.8, 4) is 0 Å². The lowest BCUT2D eigenvalue weighted by Crippen LogP contribution is -2.20. The van der Waals surface area contributed by atoms with Crippen LogP contribution in [0.3, 0.4) is 0 Å². The first kappa shape index (κ1) is 7.36. The average Bonchev–Trinajstić information content (AvgIpc) is 1.81. The summed E-state index contributed by atoms with van der Waals surface area (Å²) in [4.78, 5) is 0. The molecule has 0 aliphatic heterocycles. The molecule has 4 heteroatoms. The topological polar surface area (TPSA) is 48.8 Å². The number of hydrogen-bond acceptors (Lipinski definition) is 3. The van der Waals surface area contributed by atoms with E-state index in [2.05, 4.69) is 21.1 Å². The molecule has 8 heavy (non-hydrogen) atoms. The van der Waals surface area contributed by atoms with E-state index in [0.717, 1.165) is 13.1 Å². The molecule has 0 aliphatic carbocycles. The second-order valence-corrected chi connectivity index (χ2v) is 1.31. The molecule has 0 fully saturated rings. The Labute approximate surface area is 49.4 Å². The Balaban J connectivity index is 2.72. The minimum Gasteiger partial charge on any atom is -0.318 e. The van der Waals surface area contributed by atoms with E-state index in [4.69, 9.17) is 0 Å².